The van der Waals surface area contributed by atoms with Crippen molar-refractivity contribution in [2.24, 2.45) is 0 Å². The van der Waals surface area contributed by atoms with Crippen LogP contribution in [-0.2, 0) is 0 Å². The van der Waals surface area contributed by atoms with E-state index >= 15 is 0 Å². The molecule has 5 heteroatoms. The van der Waals surface area contributed by atoms with E-state index < -0.39 is 11.8 Å². The molecule has 0 amide bonds. The molecule has 3 rings (SSSR count). The Morgan fingerprint density at radius 2 is 1.77 bits per heavy atom. The zero-order valence-electron chi connectivity index (χ0n) is 14.3. The Hall–Kier alpha value is -2.92. The van der Waals surface area contributed by atoms with Gasteiger partial charge in [0.1, 0.15) is 10.6 Å². The lowest BCUT2D eigenvalue weighted by molar-refractivity contribution is 0.0733. The maximum absolute atomic E-state index is 13.6. The maximum Gasteiger partial charge on any atom is 0.353 e. The number of thiophene rings is 1. The van der Waals surface area contributed by atoms with Crippen LogP contribution in [0.1, 0.15) is 31.2 Å². The highest BCUT2D eigenvalue weighted by Crippen LogP contribution is 2.26. The van der Waals surface area contributed by atoms with Gasteiger partial charge in [-0.05, 0) is 73.0 Å². The van der Waals surface area contributed by atoms with Crippen LogP contribution in [0.4, 0.5) is 4.39 Å². The van der Waals surface area contributed by atoms with E-state index in [4.69, 9.17) is 4.74 Å². The highest BCUT2D eigenvalue weighted by Gasteiger charge is 2.13. The first-order chi connectivity index (χ1) is 12.4. The monoisotopic (exact) mass is 368 g/mol. The molecular formula is C21H17FO3S. The van der Waals surface area contributed by atoms with Gasteiger partial charge in [0.15, 0.2) is 11.6 Å². The molecule has 0 saturated carbocycles. The number of phenolic OH excluding ortho intramolecular Hbond substituents is 1. The van der Waals surface area contributed by atoms with Crippen molar-refractivity contribution in [3.63, 3.8) is 0 Å². The van der Waals surface area contributed by atoms with Gasteiger partial charge in [-0.15, -0.1) is 11.3 Å². The summed E-state index contributed by atoms with van der Waals surface area (Å²) in [6, 6.07) is 13.0. The first-order valence-corrected chi connectivity index (χ1v) is 8.80. The van der Waals surface area contributed by atoms with E-state index in [0.29, 0.717) is 10.6 Å². The van der Waals surface area contributed by atoms with Crippen molar-refractivity contribution in [1.82, 2.24) is 0 Å². The SMILES string of the molecule is Cc1cc(C=Cc2ccc(C(=O)Oc3ccccc3F)s2)cc(C)c1O. The Morgan fingerprint density at radius 3 is 2.46 bits per heavy atom. The van der Waals surface area contributed by atoms with E-state index in [1.54, 1.807) is 18.2 Å². The lowest BCUT2D eigenvalue weighted by atomic mass is 10.1. The fourth-order valence-electron chi connectivity index (χ4n) is 2.49. The molecule has 1 aromatic heterocycles. The zero-order chi connectivity index (χ0) is 18.7. The van der Waals surface area contributed by atoms with Crippen molar-refractivity contribution in [2.45, 2.75) is 13.8 Å². The van der Waals surface area contributed by atoms with Crippen LogP contribution in [0, 0.1) is 19.7 Å². The van der Waals surface area contributed by atoms with Crippen molar-refractivity contribution in [3.05, 3.63) is 80.8 Å². The molecule has 0 aliphatic heterocycles. The molecule has 1 N–H and O–H groups in total. The summed E-state index contributed by atoms with van der Waals surface area (Å²) >= 11 is 1.26. The quantitative estimate of drug-likeness (QED) is 0.482. The summed E-state index contributed by atoms with van der Waals surface area (Å²) < 4.78 is 18.7. The van der Waals surface area contributed by atoms with Gasteiger partial charge in [-0.1, -0.05) is 18.2 Å². The summed E-state index contributed by atoms with van der Waals surface area (Å²) in [6.07, 6.45) is 3.80. The highest BCUT2D eigenvalue weighted by atomic mass is 32.1. The van der Waals surface area contributed by atoms with Gasteiger partial charge in [-0.3, -0.25) is 0 Å². The molecule has 0 radical (unpaired) electrons. The number of carbonyl (C=O) groups is 1. The molecule has 132 valence electrons. The fraction of sp³-hybridized carbons (Fsp3) is 0.0952. The second kappa shape index (κ2) is 7.54. The van der Waals surface area contributed by atoms with Gasteiger partial charge in [0.25, 0.3) is 0 Å². The summed E-state index contributed by atoms with van der Waals surface area (Å²) in [5.41, 5.74) is 2.58. The fourth-order valence-corrected chi connectivity index (χ4v) is 3.28. The number of ether oxygens (including phenoxy) is 1. The van der Waals surface area contributed by atoms with Gasteiger partial charge in [-0.25, -0.2) is 9.18 Å². The number of aromatic hydroxyl groups is 1. The number of esters is 1. The number of phenols is 1. The summed E-state index contributed by atoms with van der Waals surface area (Å²) in [6.45, 7) is 3.70. The third-order valence-electron chi connectivity index (χ3n) is 3.82. The molecule has 0 aliphatic carbocycles. The third-order valence-corrected chi connectivity index (χ3v) is 4.85. The van der Waals surface area contributed by atoms with E-state index in [9.17, 15) is 14.3 Å². The van der Waals surface area contributed by atoms with E-state index in [-0.39, 0.29) is 5.75 Å². The first-order valence-electron chi connectivity index (χ1n) is 7.99. The molecule has 0 unspecified atom stereocenters. The van der Waals surface area contributed by atoms with E-state index in [2.05, 4.69) is 0 Å². The Balaban J connectivity index is 1.73. The molecule has 26 heavy (non-hydrogen) atoms. The molecule has 0 aliphatic rings. The van der Waals surface area contributed by atoms with Gasteiger partial charge in [0.2, 0.25) is 0 Å². The van der Waals surface area contributed by atoms with Crippen molar-refractivity contribution in [2.75, 3.05) is 0 Å². The number of hydrogen-bond donors (Lipinski definition) is 1. The van der Waals surface area contributed by atoms with Crippen LogP contribution in [-0.4, -0.2) is 11.1 Å². The third kappa shape index (κ3) is 4.00. The van der Waals surface area contributed by atoms with Crippen LogP contribution < -0.4 is 4.74 Å². The predicted octanol–water partition coefficient (Wildman–Crippen LogP) is 5.60. The molecule has 2 aromatic carbocycles. The van der Waals surface area contributed by atoms with Crippen LogP contribution in [0.2, 0.25) is 0 Å². The van der Waals surface area contributed by atoms with Crippen LogP contribution in [0.5, 0.6) is 11.5 Å². The smallest absolute Gasteiger partial charge is 0.353 e. The Bertz CT molecular complexity index is 965. The van der Waals surface area contributed by atoms with E-state index in [0.717, 1.165) is 21.6 Å². The Kier molecular flexibility index (Phi) is 5.19. The minimum absolute atomic E-state index is 0.0852. The molecule has 0 bridgehead atoms. The summed E-state index contributed by atoms with van der Waals surface area (Å²) in [4.78, 5) is 13.4. The minimum atomic E-state index is -0.587. The molecule has 3 nitrogen and oxygen atoms in total. The molecule has 0 fully saturated rings. The number of hydrogen-bond acceptors (Lipinski definition) is 4. The standard InChI is InChI=1S/C21H17FO3S/c1-13-11-15(12-14(2)20(13)23)7-8-16-9-10-19(26-16)21(24)25-18-6-4-3-5-17(18)22/h3-12,23H,1-2H3. The largest absolute Gasteiger partial charge is 0.507 e. The maximum atomic E-state index is 13.6. The second-order valence-electron chi connectivity index (χ2n) is 5.86. The van der Waals surface area contributed by atoms with Crippen LogP contribution >= 0.6 is 11.3 Å². The summed E-state index contributed by atoms with van der Waals surface area (Å²) in [5, 5.41) is 9.82. The predicted molar refractivity (Wildman–Crippen MR) is 102 cm³/mol. The lowest BCUT2D eigenvalue weighted by Gasteiger charge is -2.04. The Labute approximate surface area is 155 Å². The van der Waals surface area contributed by atoms with Crippen molar-refractivity contribution >= 4 is 29.5 Å². The Morgan fingerprint density at radius 1 is 1.08 bits per heavy atom. The van der Waals surface area contributed by atoms with Gasteiger partial charge >= 0.3 is 5.97 Å². The number of halogens is 1. The summed E-state index contributed by atoms with van der Waals surface area (Å²) in [5.74, 6) is -0.943. The molecule has 3 aromatic rings. The van der Waals surface area contributed by atoms with Crippen molar-refractivity contribution < 1.29 is 19.0 Å². The zero-order valence-corrected chi connectivity index (χ0v) is 15.1. The average Bonchev–Trinajstić information content (AvgIpc) is 3.09. The molecular weight excluding hydrogens is 351 g/mol. The highest BCUT2D eigenvalue weighted by molar-refractivity contribution is 7.14. The van der Waals surface area contributed by atoms with Crippen LogP contribution in [0.15, 0.2) is 48.5 Å². The van der Waals surface area contributed by atoms with Gasteiger partial charge in [-0.2, -0.15) is 0 Å². The molecule has 0 spiro atoms. The van der Waals surface area contributed by atoms with Crippen LogP contribution in [0.3, 0.4) is 0 Å². The molecule has 0 atom stereocenters. The first kappa shape index (κ1) is 17.9. The van der Waals surface area contributed by atoms with Crippen LogP contribution in [0.25, 0.3) is 12.2 Å². The van der Waals surface area contributed by atoms with Crippen molar-refractivity contribution in [1.29, 1.82) is 0 Å². The van der Waals surface area contributed by atoms with Gasteiger partial charge < -0.3 is 9.84 Å². The lowest BCUT2D eigenvalue weighted by Crippen LogP contribution is -2.07. The topological polar surface area (TPSA) is 46.5 Å². The van der Waals surface area contributed by atoms with Gasteiger partial charge in [0, 0.05) is 4.88 Å². The van der Waals surface area contributed by atoms with Crippen molar-refractivity contribution in [3.8, 4) is 11.5 Å². The molecule has 1 heterocycles. The van der Waals surface area contributed by atoms with E-state index in [1.165, 1.54) is 29.5 Å². The van der Waals surface area contributed by atoms with Gasteiger partial charge in [0.05, 0.1) is 0 Å². The number of rotatable bonds is 4. The number of carbonyl (C=O) groups excluding carboxylic acids is 1. The second-order valence-corrected chi connectivity index (χ2v) is 6.97. The molecule has 0 saturated heterocycles. The number of aryl methyl sites for hydroxylation is 2. The number of benzene rings is 2. The normalized spacial score (nSPS) is 11.0. The minimum Gasteiger partial charge on any atom is -0.507 e. The summed E-state index contributed by atoms with van der Waals surface area (Å²) in [7, 11) is 0. The average molecular weight is 368 g/mol. The van der Waals surface area contributed by atoms with E-state index in [1.807, 2.05) is 38.1 Å². The number of para-hydroxylation sites is 1.